The SMILES string of the molecule is CNC(=O)C(C)N1CCC(CCCOC(C)C)CC1. The number of amides is 1. The average molecular weight is 270 g/mol. The molecular weight excluding hydrogens is 240 g/mol. The van der Waals surface area contributed by atoms with E-state index in [1.807, 2.05) is 6.92 Å². The zero-order valence-corrected chi connectivity index (χ0v) is 12.9. The molecule has 1 unspecified atom stereocenters. The second-order valence-electron chi connectivity index (χ2n) is 5.83. The van der Waals surface area contributed by atoms with Crippen LogP contribution in [-0.4, -0.2) is 49.7 Å². The highest BCUT2D eigenvalue weighted by Crippen LogP contribution is 2.23. The van der Waals surface area contributed by atoms with E-state index < -0.39 is 0 Å². The molecule has 0 aromatic heterocycles. The smallest absolute Gasteiger partial charge is 0.236 e. The van der Waals surface area contributed by atoms with E-state index >= 15 is 0 Å². The summed E-state index contributed by atoms with van der Waals surface area (Å²) in [6.45, 7) is 9.13. The van der Waals surface area contributed by atoms with Gasteiger partial charge in [-0.2, -0.15) is 0 Å². The van der Waals surface area contributed by atoms with Crippen LogP contribution in [0.25, 0.3) is 0 Å². The molecule has 0 radical (unpaired) electrons. The standard InChI is InChI=1S/C15H30N2O2/c1-12(2)19-11-5-6-14-7-9-17(10-8-14)13(3)15(18)16-4/h12-14H,5-11H2,1-4H3,(H,16,18). The molecule has 1 aliphatic heterocycles. The minimum atomic E-state index is 0.00947. The van der Waals surface area contributed by atoms with Crippen molar-refractivity contribution in [2.75, 3.05) is 26.7 Å². The van der Waals surface area contributed by atoms with Crippen molar-refractivity contribution in [3.05, 3.63) is 0 Å². The number of hydrogen-bond donors (Lipinski definition) is 1. The van der Waals surface area contributed by atoms with Crippen LogP contribution < -0.4 is 5.32 Å². The summed E-state index contributed by atoms with van der Waals surface area (Å²) in [4.78, 5) is 13.9. The first-order valence-electron chi connectivity index (χ1n) is 7.61. The molecule has 1 aliphatic rings. The minimum absolute atomic E-state index is 0.00947. The molecule has 1 amide bonds. The Labute approximate surface area is 117 Å². The van der Waals surface area contributed by atoms with E-state index in [0.717, 1.165) is 32.0 Å². The first kappa shape index (κ1) is 16.4. The Balaban J connectivity index is 2.16. The van der Waals surface area contributed by atoms with Gasteiger partial charge in [0.05, 0.1) is 12.1 Å². The number of piperidine rings is 1. The lowest BCUT2D eigenvalue weighted by Crippen LogP contribution is -2.47. The largest absolute Gasteiger partial charge is 0.379 e. The van der Waals surface area contributed by atoms with Gasteiger partial charge in [0.1, 0.15) is 0 Å². The maximum atomic E-state index is 11.6. The molecule has 1 N–H and O–H groups in total. The lowest BCUT2D eigenvalue weighted by Gasteiger charge is -2.35. The molecule has 1 rings (SSSR count). The lowest BCUT2D eigenvalue weighted by molar-refractivity contribution is -0.125. The number of carbonyl (C=O) groups is 1. The van der Waals surface area contributed by atoms with E-state index in [1.165, 1.54) is 19.3 Å². The molecule has 19 heavy (non-hydrogen) atoms. The summed E-state index contributed by atoms with van der Waals surface area (Å²) >= 11 is 0. The van der Waals surface area contributed by atoms with Gasteiger partial charge < -0.3 is 10.1 Å². The Morgan fingerprint density at radius 1 is 1.32 bits per heavy atom. The monoisotopic (exact) mass is 270 g/mol. The molecule has 1 heterocycles. The third-order valence-electron chi connectivity index (χ3n) is 4.03. The van der Waals surface area contributed by atoms with E-state index in [-0.39, 0.29) is 11.9 Å². The van der Waals surface area contributed by atoms with Gasteiger partial charge in [0.15, 0.2) is 0 Å². The quantitative estimate of drug-likeness (QED) is 0.720. The Morgan fingerprint density at radius 2 is 1.95 bits per heavy atom. The van der Waals surface area contributed by atoms with Gasteiger partial charge in [-0.05, 0) is 65.5 Å². The lowest BCUT2D eigenvalue weighted by atomic mass is 9.91. The maximum absolute atomic E-state index is 11.6. The molecule has 4 nitrogen and oxygen atoms in total. The van der Waals surface area contributed by atoms with Crippen LogP contribution in [0.5, 0.6) is 0 Å². The molecule has 1 saturated heterocycles. The van der Waals surface area contributed by atoms with Crippen molar-refractivity contribution in [2.24, 2.45) is 5.92 Å². The van der Waals surface area contributed by atoms with E-state index in [9.17, 15) is 4.79 Å². The van der Waals surface area contributed by atoms with Crippen LogP contribution in [0, 0.1) is 5.92 Å². The molecule has 0 aromatic carbocycles. The van der Waals surface area contributed by atoms with E-state index in [4.69, 9.17) is 4.74 Å². The van der Waals surface area contributed by atoms with Crippen molar-refractivity contribution in [3.8, 4) is 0 Å². The Hall–Kier alpha value is -0.610. The minimum Gasteiger partial charge on any atom is -0.379 e. The molecule has 1 fully saturated rings. The fraction of sp³-hybridized carbons (Fsp3) is 0.933. The zero-order valence-electron chi connectivity index (χ0n) is 12.9. The fourth-order valence-electron chi connectivity index (χ4n) is 2.69. The van der Waals surface area contributed by atoms with Gasteiger partial charge in [-0.25, -0.2) is 0 Å². The summed E-state index contributed by atoms with van der Waals surface area (Å²) in [5.74, 6) is 0.938. The van der Waals surface area contributed by atoms with Crippen molar-refractivity contribution in [3.63, 3.8) is 0 Å². The molecule has 0 saturated carbocycles. The highest BCUT2D eigenvalue weighted by Gasteiger charge is 2.25. The number of nitrogens with zero attached hydrogens (tertiary/aromatic N) is 1. The zero-order chi connectivity index (χ0) is 14.3. The maximum Gasteiger partial charge on any atom is 0.236 e. The predicted molar refractivity (Wildman–Crippen MR) is 78.1 cm³/mol. The van der Waals surface area contributed by atoms with Gasteiger partial charge in [-0.3, -0.25) is 9.69 Å². The second kappa shape index (κ2) is 8.54. The predicted octanol–water partition coefficient (Wildman–Crippen LogP) is 2.04. The van der Waals surface area contributed by atoms with E-state index in [1.54, 1.807) is 7.05 Å². The third-order valence-corrected chi connectivity index (χ3v) is 4.03. The normalized spacial score (nSPS) is 19.6. The fourth-order valence-corrected chi connectivity index (χ4v) is 2.69. The van der Waals surface area contributed by atoms with Crippen molar-refractivity contribution in [1.29, 1.82) is 0 Å². The average Bonchev–Trinajstić information content (AvgIpc) is 2.42. The molecule has 1 atom stereocenters. The van der Waals surface area contributed by atoms with Crippen molar-refractivity contribution in [1.82, 2.24) is 10.2 Å². The molecule has 0 spiro atoms. The van der Waals surface area contributed by atoms with Crippen molar-refractivity contribution in [2.45, 2.75) is 58.6 Å². The van der Waals surface area contributed by atoms with E-state index in [2.05, 4.69) is 24.1 Å². The Bertz CT molecular complexity index is 261. The summed E-state index contributed by atoms with van der Waals surface area (Å²) < 4.78 is 5.57. The second-order valence-corrected chi connectivity index (χ2v) is 5.83. The molecule has 0 aliphatic carbocycles. The summed E-state index contributed by atoms with van der Waals surface area (Å²) in [6.07, 6.45) is 5.18. The third kappa shape index (κ3) is 5.91. The van der Waals surface area contributed by atoms with Gasteiger partial charge >= 0.3 is 0 Å². The van der Waals surface area contributed by atoms with Gasteiger partial charge in [0.2, 0.25) is 5.91 Å². The molecule has 4 heteroatoms. The van der Waals surface area contributed by atoms with Crippen LogP contribution in [-0.2, 0) is 9.53 Å². The molecule has 0 bridgehead atoms. The first-order chi connectivity index (χ1) is 9.04. The highest BCUT2D eigenvalue weighted by atomic mass is 16.5. The Morgan fingerprint density at radius 3 is 2.47 bits per heavy atom. The van der Waals surface area contributed by atoms with Gasteiger partial charge in [0.25, 0.3) is 0 Å². The van der Waals surface area contributed by atoms with Gasteiger partial charge in [0, 0.05) is 13.7 Å². The number of carbonyl (C=O) groups excluding carboxylic acids is 1. The molecule has 0 aromatic rings. The number of nitrogens with one attached hydrogen (secondary N) is 1. The number of likely N-dealkylation sites (N-methyl/N-ethyl adjacent to an activating group) is 1. The summed E-state index contributed by atoms with van der Waals surface area (Å²) in [5, 5.41) is 2.73. The molecular formula is C15H30N2O2. The van der Waals surface area contributed by atoms with Gasteiger partial charge in [-0.15, -0.1) is 0 Å². The number of hydrogen-bond acceptors (Lipinski definition) is 3. The number of rotatable bonds is 7. The van der Waals surface area contributed by atoms with Crippen LogP contribution in [0.2, 0.25) is 0 Å². The number of ether oxygens (including phenoxy) is 1. The van der Waals surface area contributed by atoms with Crippen LogP contribution in [0.4, 0.5) is 0 Å². The summed E-state index contributed by atoms with van der Waals surface area (Å²) in [7, 11) is 1.71. The summed E-state index contributed by atoms with van der Waals surface area (Å²) in [5.41, 5.74) is 0. The van der Waals surface area contributed by atoms with Crippen LogP contribution in [0.15, 0.2) is 0 Å². The highest BCUT2D eigenvalue weighted by molar-refractivity contribution is 5.80. The van der Waals surface area contributed by atoms with Crippen molar-refractivity contribution >= 4 is 5.91 Å². The number of likely N-dealkylation sites (tertiary alicyclic amines) is 1. The topological polar surface area (TPSA) is 41.6 Å². The van der Waals surface area contributed by atoms with Crippen LogP contribution >= 0.6 is 0 Å². The van der Waals surface area contributed by atoms with Gasteiger partial charge in [-0.1, -0.05) is 0 Å². The van der Waals surface area contributed by atoms with Crippen LogP contribution in [0.1, 0.15) is 46.5 Å². The van der Waals surface area contributed by atoms with E-state index in [0.29, 0.717) is 6.10 Å². The molecule has 112 valence electrons. The van der Waals surface area contributed by atoms with Crippen LogP contribution in [0.3, 0.4) is 0 Å². The first-order valence-corrected chi connectivity index (χ1v) is 7.61. The summed E-state index contributed by atoms with van der Waals surface area (Å²) in [6, 6.07) is 0.00947. The Kier molecular flexibility index (Phi) is 7.39. The van der Waals surface area contributed by atoms with Crippen molar-refractivity contribution < 1.29 is 9.53 Å².